The summed E-state index contributed by atoms with van der Waals surface area (Å²) in [4.78, 5) is 14.8. The number of methoxy groups -OCH3 is 1. The fourth-order valence-electron chi connectivity index (χ4n) is 4.43. The summed E-state index contributed by atoms with van der Waals surface area (Å²) >= 11 is 0. The summed E-state index contributed by atoms with van der Waals surface area (Å²) in [5.74, 6) is 0.919. The SMILES string of the molecule is COc1cccc(C=C[C@@]23NC(=O)CCN2c2ccc(C)cc2C3(C)C)c1. The molecule has 1 fully saturated rings. The van der Waals surface area contributed by atoms with Crippen molar-refractivity contribution in [2.45, 2.75) is 38.3 Å². The van der Waals surface area contributed by atoms with Gasteiger partial charge in [0.2, 0.25) is 5.91 Å². The molecule has 2 aromatic carbocycles. The number of hydrogen-bond acceptors (Lipinski definition) is 3. The van der Waals surface area contributed by atoms with Crippen LogP contribution in [-0.2, 0) is 10.2 Å². The van der Waals surface area contributed by atoms with Crippen molar-refractivity contribution in [1.29, 1.82) is 0 Å². The zero-order chi connectivity index (χ0) is 19.2. The number of hydrogen-bond donors (Lipinski definition) is 1. The van der Waals surface area contributed by atoms with E-state index in [1.54, 1.807) is 7.11 Å². The van der Waals surface area contributed by atoms with Gasteiger partial charge in [-0.3, -0.25) is 4.79 Å². The molecule has 1 atom stereocenters. The van der Waals surface area contributed by atoms with Gasteiger partial charge in [0, 0.05) is 24.1 Å². The highest BCUT2D eigenvalue weighted by Crippen LogP contribution is 2.52. The van der Waals surface area contributed by atoms with Gasteiger partial charge in [-0.2, -0.15) is 0 Å². The molecular weight excluding hydrogens is 336 g/mol. The number of amides is 1. The first-order chi connectivity index (χ1) is 12.9. The number of anilines is 1. The van der Waals surface area contributed by atoms with Crippen LogP contribution in [0.2, 0.25) is 0 Å². The molecule has 1 N–H and O–H groups in total. The number of fused-ring (bicyclic) bond motifs is 3. The van der Waals surface area contributed by atoms with E-state index in [1.807, 2.05) is 24.3 Å². The fourth-order valence-corrected chi connectivity index (χ4v) is 4.43. The van der Waals surface area contributed by atoms with Gasteiger partial charge in [0.05, 0.1) is 7.11 Å². The van der Waals surface area contributed by atoms with E-state index < -0.39 is 5.66 Å². The number of rotatable bonds is 3. The highest BCUT2D eigenvalue weighted by atomic mass is 16.5. The molecule has 0 bridgehead atoms. The van der Waals surface area contributed by atoms with Crippen molar-refractivity contribution in [3.05, 3.63) is 65.2 Å². The van der Waals surface area contributed by atoms with Gasteiger partial charge in [0.15, 0.2) is 0 Å². The van der Waals surface area contributed by atoms with E-state index in [9.17, 15) is 4.79 Å². The summed E-state index contributed by atoms with van der Waals surface area (Å²) in [7, 11) is 1.67. The van der Waals surface area contributed by atoms with Crippen LogP contribution < -0.4 is 15.0 Å². The monoisotopic (exact) mass is 362 g/mol. The summed E-state index contributed by atoms with van der Waals surface area (Å²) in [5, 5.41) is 3.32. The smallest absolute Gasteiger partial charge is 0.223 e. The minimum absolute atomic E-state index is 0.0964. The summed E-state index contributed by atoms with van der Waals surface area (Å²) < 4.78 is 5.34. The van der Waals surface area contributed by atoms with Crippen LogP contribution in [-0.4, -0.2) is 25.2 Å². The molecule has 4 nitrogen and oxygen atoms in total. The molecule has 1 saturated heterocycles. The van der Waals surface area contributed by atoms with E-state index in [4.69, 9.17) is 4.74 Å². The Bertz CT molecular complexity index is 932. The normalized spacial score (nSPS) is 23.1. The number of carbonyl (C=O) groups excluding carboxylic acids is 1. The third-order valence-electron chi connectivity index (χ3n) is 6.00. The van der Waals surface area contributed by atoms with Crippen molar-refractivity contribution in [3.8, 4) is 5.75 Å². The predicted molar refractivity (Wildman–Crippen MR) is 109 cm³/mol. The largest absolute Gasteiger partial charge is 0.497 e. The fraction of sp³-hybridized carbons (Fsp3) is 0.348. The lowest BCUT2D eigenvalue weighted by Crippen LogP contribution is -2.68. The molecule has 2 aromatic rings. The predicted octanol–water partition coefficient (Wildman–Crippen LogP) is 4.03. The molecule has 2 aliphatic rings. The van der Waals surface area contributed by atoms with Gasteiger partial charge in [-0.25, -0.2) is 0 Å². The molecular formula is C23H26N2O2. The number of aryl methyl sites for hydroxylation is 1. The van der Waals surface area contributed by atoms with E-state index in [2.05, 4.69) is 61.3 Å². The molecule has 2 heterocycles. The average Bonchev–Trinajstić information content (AvgIpc) is 2.84. The Morgan fingerprint density at radius 2 is 2.00 bits per heavy atom. The second kappa shape index (κ2) is 6.15. The maximum Gasteiger partial charge on any atom is 0.223 e. The van der Waals surface area contributed by atoms with Crippen LogP contribution in [0.5, 0.6) is 5.75 Å². The van der Waals surface area contributed by atoms with E-state index >= 15 is 0 Å². The van der Waals surface area contributed by atoms with Gasteiger partial charge >= 0.3 is 0 Å². The molecule has 4 rings (SSSR count). The summed E-state index contributed by atoms with van der Waals surface area (Å²) in [6.45, 7) is 7.26. The number of ether oxygens (including phenoxy) is 1. The first kappa shape index (κ1) is 17.7. The van der Waals surface area contributed by atoms with Gasteiger partial charge < -0.3 is 15.0 Å². The molecule has 2 aliphatic heterocycles. The van der Waals surface area contributed by atoms with Crippen LogP contribution in [0.15, 0.2) is 48.5 Å². The molecule has 0 radical (unpaired) electrons. The lowest BCUT2D eigenvalue weighted by molar-refractivity contribution is -0.124. The number of benzene rings is 2. The summed E-state index contributed by atoms with van der Waals surface area (Å²) in [5.41, 5.74) is 3.92. The van der Waals surface area contributed by atoms with E-state index in [0.717, 1.165) is 11.3 Å². The van der Waals surface area contributed by atoms with Crippen LogP contribution >= 0.6 is 0 Å². The van der Waals surface area contributed by atoms with Crippen molar-refractivity contribution < 1.29 is 9.53 Å². The van der Waals surface area contributed by atoms with Crippen molar-refractivity contribution in [3.63, 3.8) is 0 Å². The van der Waals surface area contributed by atoms with E-state index in [-0.39, 0.29) is 11.3 Å². The molecule has 0 saturated carbocycles. The van der Waals surface area contributed by atoms with Crippen molar-refractivity contribution in [1.82, 2.24) is 5.32 Å². The molecule has 0 aliphatic carbocycles. The third-order valence-corrected chi connectivity index (χ3v) is 6.00. The Balaban J connectivity index is 1.83. The van der Waals surface area contributed by atoms with Crippen molar-refractivity contribution in [2.24, 2.45) is 0 Å². The second-order valence-electron chi connectivity index (χ2n) is 7.97. The average molecular weight is 362 g/mol. The maximum atomic E-state index is 12.4. The summed E-state index contributed by atoms with van der Waals surface area (Å²) in [6.07, 6.45) is 4.74. The molecule has 1 amide bonds. The van der Waals surface area contributed by atoms with Crippen LogP contribution in [0.1, 0.15) is 37.0 Å². The minimum atomic E-state index is -0.582. The Labute approximate surface area is 160 Å². The molecule has 27 heavy (non-hydrogen) atoms. The van der Waals surface area contributed by atoms with Crippen molar-refractivity contribution >= 4 is 17.7 Å². The van der Waals surface area contributed by atoms with Crippen LogP contribution in [0.4, 0.5) is 5.69 Å². The molecule has 0 unspecified atom stereocenters. The first-order valence-corrected chi connectivity index (χ1v) is 9.40. The Hall–Kier alpha value is -2.75. The van der Waals surface area contributed by atoms with Crippen LogP contribution in [0, 0.1) is 6.92 Å². The van der Waals surface area contributed by atoms with Crippen LogP contribution in [0.3, 0.4) is 0 Å². The highest BCUT2D eigenvalue weighted by Gasteiger charge is 2.57. The number of nitrogens with one attached hydrogen (secondary N) is 1. The minimum Gasteiger partial charge on any atom is -0.497 e. The first-order valence-electron chi connectivity index (χ1n) is 9.40. The Morgan fingerprint density at radius 3 is 2.78 bits per heavy atom. The van der Waals surface area contributed by atoms with Gasteiger partial charge in [0.25, 0.3) is 0 Å². The lowest BCUT2D eigenvalue weighted by Gasteiger charge is -2.49. The van der Waals surface area contributed by atoms with E-state index in [1.165, 1.54) is 16.8 Å². The molecule has 0 spiro atoms. The van der Waals surface area contributed by atoms with Gasteiger partial charge in [-0.1, -0.05) is 49.8 Å². The quantitative estimate of drug-likeness (QED) is 0.896. The lowest BCUT2D eigenvalue weighted by atomic mass is 9.74. The third kappa shape index (κ3) is 2.62. The zero-order valence-electron chi connectivity index (χ0n) is 16.4. The van der Waals surface area contributed by atoms with Gasteiger partial charge in [0.1, 0.15) is 11.4 Å². The van der Waals surface area contributed by atoms with Crippen LogP contribution in [0.25, 0.3) is 6.08 Å². The number of nitrogens with zero attached hydrogens (tertiary/aromatic N) is 1. The Kier molecular flexibility index (Phi) is 4.02. The topological polar surface area (TPSA) is 41.6 Å². The molecule has 4 heteroatoms. The second-order valence-corrected chi connectivity index (χ2v) is 7.97. The maximum absolute atomic E-state index is 12.4. The standard InChI is InChI=1S/C23H26N2O2/c1-16-8-9-20-19(14-16)22(2,3)23(24-21(26)11-13-25(20)23)12-10-17-6-5-7-18(15-17)27-4/h5-10,12,14-15H,11,13H2,1-4H3,(H,24,26)/t23-/m1/s1. The highest BCUT2D eigenvalue weighted by molar-refractivity contribution is 5.84. The van der Waals surface area contributed by atoms with E-state index in [0.29, 0.717) is 13.0 Å². The van der Waals surface area contributed by atoms with Gasteiger partial charge in [-0.05, 0) is 42.3 Å². The van der Waals surface area contributed by atoms with Crippen molar-refractivity contribution in [2.75, 3.05) is 18.6 Å². The summed E-state index contributed by atoms with van der Waals surface area (Å²) in [6, 6.07) is 14.5. The molecule has 140 valence electrons. The molecule has 0 aromatic heterocycles. The number of carbonyl (C=O) groups is 1. The zero-order valence-corrected chi connectivity index (χ0v) is 16.4. The Morgan fingerprint density at radius 1 is 1.19 bits per heavy atom. The van der Waals surface area contributed by atoms with Gasteiger partial charge in [-0.15, -0.1) is 0 Å².